The van der Waals surface area contributed by atoms with E-state index in [1.165, 1.54) is 5.57 Å². The Hall–Kier alpha value is -0.750. The first-order valence-corrected chi connectivity index (χ1v) is 11.5. The summed E-state index contributed by atoms with van der Waals surface area (Å²) in [6, 6.07) is 0. The van der Waals surface area contributed by atoms with Gasteiger partial charge in [-0.25, -0.2) is 0 Å². The Labute approximate surface area is 174 Å². The zero-order valence-electron chi connectivity index (χ0n) is 18.4. The Morgan fingerprint density at radius 1 is 1.21 bits per heavy atom. The van der Waals surface area contributed by atoms with Crippen LogP contribution in [0.15, 0.2) is 11.6 Å². The molecule has 0 spiro atoms. The van der Waals surface area contributed by atoms with Crippen molar-refractivity contribution in [3.05, 3.63) is 11.6 Å². The highest BCUT2D eigenvalue weighted by atomic mass is 16.5. The Bertz CT molecular complexity index is 701. The summed E-state index contributed by atoms with van der Waals surface area (Å²) in [5.74, 6) is 0.436. The van der Waals surface area contributed by atoms with Crippen LogP contribution in [0.3, 0.4) is 0 Å². The lowest BCUT2D eigenvalue weighted by molar-refractivity contribution is -0.184. The lowest BCUT2D eigenvalue weighted by atomic mass is 9.45. The fraction of sp³-hybridized carbons (Fsp3) is 0.875. The van der Waals surface area contributed by atoms with Gasteiger partial charge in [-0.05, 0) is 82.0 Å². The molecule has 0 aromatic heterocycles. The fourth-order valence-electron chi connectivity index (χ4n) is 7.66. The van der Waals surface area contributed by atoms with Crippen LogP contribution in [0, 0.1) is 28.6 Å². The summed E-state index contributed by atoms with van der Waals surface area (Å²) in [6.07, 6.45) is 6.34. The fourth-order valence-corrected chi connectivity index (χ4v) is 7.66. The lowest BCUT2D eigenvalue weighted by Crippen LogP contribution is -2.62. The number of allylic oxidation sites excluding steroid dienone is 1. The zero-order chi connectivity index (χ0) is 21.2. The van der Waals surface area contributed by atoms with Gasteiger partial charge in [-0.3, -0.25) is 4.79 Å². The maximum atomic E-state index is 13.0. The third-order valence-corrected chi connectivity index (χ3v) is 9.18. The normalized spacial score (nSPS) is 49.2. The summed E-state index contributed by atoms with van der Waals surface area (Å²) < 4.78 is 5.53. The van der Waals surface area contributed by atoms with Crippen molar-refractivity contribution in [3.8, 4) is 0 Å². The number of hydrogen-bond donors (Lipinski definition) is 3. The third-order valence-electron chi connectivity index (χ3n) is 9.18. The van der Waals surface area contributed by atoms with Gasteiger partial charge in [0.1, 0.15) is 12.2 Å². The minimum Gasteiger partial charge on any atom is -0.393 e. The second-order valence-electron chi connectivity index (χ2n) is 10.9. The van der Waals surface area contributed by atoms with E-state index in [1.54, 1.807) is 0 Å². The van der Waals surface area contributed by atoms with Crippen molar-refractivity contribution in [1.82, 2.24) is 0 Å². The van der Waals surface area contributed by atoms with Gasteiger partial charge in [0, 0.05) is 5.41 Å². The number of carbonyl (C=O) groups is 1. The predicted octanol–water partition coefficient (Wildman–Crippen LogP) is 3.01. The SMILES string of the molecule is CC(C)OCC(=O)[C@@]1(O)CC[C@H]2[C@@H]3CCC4=CC(O)CC[C@]4(C)[C@H]3[C@@H](O)C[C@@]21C. The zero-order valence-corrected chi connectivity index (χ0v) is 18.4. The molecule has 5 heteroatoms. The van der Waals surface area contributed by atoms with Crippen LogP contribution < -0.4 is 0 Å². The van der Waals surface area contributed by atoms with Gasteiger partial charge in [-0.1, -0.05) is 25.5 Å². The summed E-state index contributed by atoms with van der Waals surface area (Å²) in [4.78, 5) is 13.0. The molecule has 0 bridgehead atoms. The molecular formula is C24H38O5. The first-order valence-electron chi connectivity index (χ1n) is 11.5. The van der Waals surface area contributed by atoms with E-state index < -0.39 is 17.1 Å². The molecule has 4 rings (SSSR count). The molecule has 164 valence electrons. The molecule has 3 saturated carbocycles. The summed E-state index contributed by atoms with van der Waals surface area (Å²) in [7, 11) is 0. The molecule has 5 nitrogen and oxygen atoms in total. The first kappa shape index (κ1) is 21.5. The minimum absolute atomic E-state index is 0.0564. The highest BCUT2D eigenvalue weighted by Crippen LogP contribution is 2.67. The molecule has 0 saturated heterocycles. The van der Waals surface area contributed by atoms with E-state index in [2.05, 4.69) is 6.92 Å². The van der Waals surface area contributed by atoms with Gasteiger partial charge in [0.25, 0.3) is 0 Å². The number of rotatable bonds is 4. The molecular weight excluding hydrogens is 368 g/mol. The molecule has 4 aliphatic carbocycles. The maximum absolute atomic E-state index is 13.0. The number of ketones is 1. The van der Waals surface area contributed by atoms with E-state index in [0.29, 0.717) is 18.8 Å². The van der Waals surface area contributed by atoms with E-state index in [9.17, 15) is 20.1 Å². The molecule has 8 atom stereocenters. The molecule has 29 heavy (non-hydrogen) atoms. The molecule has 0 aromatic carbocycles. The highest BCUT2D eigenvalue weighted by Gasteiger charge is 2.68. The van der Waals surface area contributed by atoms with Crippen molar-refractivity contribution in [2.75, 3.05) is 6.61 Å². The van der Waals surface area contributed by atoms with Crippen molar-refractivity contribution in [2.24, 2.45) is 28.6 Å². The quantitative estimate of drug-likeness (QED) is 0.625. The molecule has 0 aromatic rings. The van der Waals surface area contributed by atoms with Gasteiger partial charge in [0.2, 0.25) is 0 Å². The molecule has 3 fully saturated rings. The van der Waals surface area contributed by atoms with E-state index in [1.807, 2.05) is 26.8 Å². The topological polar surface area (TPSA) is 87.0 Å². The second-order valence-corrected chi connectivity index (χ2v) is 10.9. The molecule has 3 N–H and O–H groups in total. The average molecular weight is 407 g/mol. The van der Waals surface area contributed by atoms with Gasteiger partial charge < -0.3 is 20.1 Å². The molecule has 1 unspecified atom stereocenters. The highest BCUT2D eigenvalue weighted by molar-refractivity contribution is 5.89. The van der Waals surface area contributed by atoms with Crippen LogP contribution in [0.1, 0.15) is 72.6 Å². The van der Waals surface area contributed by atoms with Crippen molar-refractivity contribution in [2.45, 2.75) is 96.6 Å². The van der Waals surface area contributed by atoms with Crippen molar-refractivity contribution < 1.29 is 24.9 Å². The summed E-state index contributed by atoms with van der Waals surface area (Å²) in [5, 5.41) is 33.1. The maximum Gasteiger partial charge on any atom is 0.190 e. The van der Waals surface area contributed by atoms with Gasteiger partial charge in [0.15, 0.2) is 5.78 Å². The molecule has 0 amide bonds. The second kappa shape index (κ2) is 7.15. The van der Waals surface area contributed by atoms with Gasteiger partial charge in [0.05, 0.1) is 18.3 Å². The smallest absolute Gasteiger partial charge is 0.190 e. The number of Topliss-reactive ketones (excluding diaryl/α,β-unsaturated/α-hetero) is 1. The van der Waals surface area contributed by atoms with Crippen LogP contribution in [0.25, 0.3) is 0 Å². The monoisotopic (exact) mass is 406 g/mol. The first-order chi connectivity index (χ1) is 13.5. The van der Waals surface area contributed by atoms with Crippen molar-refractivity contribution in [1.29, 1.82) is 0 Å². The largest absolute Gasteiger partial charge is 0.393 e. The Kier molecular flexibility index (Phi) is 5.30. The number of hydrogen-bond acceptors (Lipinski definition) is 5. The van der Waals surface area contributed by atoms with Gasteiger partial charge in [-0.15, -0.1) is 0 Å². The van der Waals surface area contributed by atoms with E-state index in [4.69, 9.17) is 4.74 Å². The average Bonchev–Trinajstić information content (AvgIpc) is 2.91. The van der Waals surface area contributed by atoms with E-state index in [0.717, 1.165) is 32.1 Å². The van der Waals surface area contributed by atoms with Crippen molar-refractivity contribution >= 4 is 5.78 Å². The van der Waals surface area contributed by atoms with Gasteiger partial charge in [-0.2, -0.15) is 0 Å². The Morgan fingerprint density at radius 2 is 1.93 bits per heavy atom. The number of fused-ring (bicyclic) bond motifs is 5. The van der Waals surface area contributed by atoms with Crippen LogP contribution in [0.5, 0.6) is 0 Å². The minimum atomic E-state index is -1.42. The van der Waals surface area contributed by atoms with Crippen molar-refractivity contribution in [3.63, 3.8) is 0 Å². The Morgan fingerprint density at radius 3 is 2.62 bits per heavy atom. The summed E-state index contributed by atoms with van der Waals surface area (Å²) in [6.45, 7) is 8.00. The molecule has 0 aliphatic heterocycles. The van der Waals surface area contributed by atoms with E-state index >= 15 is 0 Å². The summed E-state index contributed by atoms with van der Waals surface area (Å²) >= 11 is 0. The Balaban J connectivity index is 1.64. The number of aliphatic hydroxyl groups excluding tert-OH is 2. The van der Waals surface area contributed by atoms with Crippen LogP contribution >= 0.6 is 0 Å². The van der Waals surface area contributed by atoms with Crippen LogP contribution in [0.2, 0.25) is 0 Å². The van der Waals surface area contributed by atoms with Crippen LogP contribution in [0.4, 0.5) is 0 Å². The number of ether oxygens (including phenoxy) is 1. The molecule has 4 aliphatic rings. The molecule has 0 heterocycles. The van der Waals surface area contributed by atoms with Crippen LogP contribution in [-0.2, 0) is 9.53 Å². The predicted molar refractivity (Wildman–Crippen MR) is 110 cm³/mol. The van der Waals surface area contributed by atoms with E-state index in [-0.39, 0.29) is 41.8 Å². The van der Waals surface area contributed by atoms with Gasteiger partial charge >= 0.3 is 0 Å². The third kappa shape index (κ3) is 3.07. The molecule has 0 radical (unpaired) electrons. The number of carbonyl (C=O) groups excluding carboxylic acids is 1. The number of aliphatic hydroxyl groups is 3. The standard InChI is InChI=1S/C24H38O5/c1-14(2)29-13-20(27)24(28)10-8-18-17-6-5-15-11-16(25)7-9-22(15,3)21(17)19(26)12-23(18,24)4/h11,14,16-19,21,25-26,28H,5-10,12-13H2,1-4H3/t16?,17-,18-,19-,21+,22-,23-,24-/m0/s1. The van der Waals surface area contributed by atoms with Crippen LogP contribution in [-0.4, -0.2) is 51.6 Å². The lowest BCUT2D eigenvalue weighted by Gasteiger charge is -2.60. The summed E-state index contributed by atoms with van der Waals surface area (Å²) in [5.41, 5.74) is -0.821.